The summed E-state index contributed by atoms with van der Waals surface area (Å²) in [5, 5.41) is 12.5. The van der Waals surface area contributed by atoms with E-state index >= 15 is 0 Å². The fraction of sp³-hybridized carbons (Fsp3) is 0.200. The molecule has 0 amide bonds. The molecule has 0 aliphatic carbocycles. The summed E-state index contributed by atoms with van der Waals surface area (Å²) in [5.41, 5.74) is 2.15. The van der Waals surface area contributed by atoms with Crippen molar-refractivity contribution in [3.63, 3.8) is 0 Å². The van der Waals surface area contributed by atoms with E-state index in [9.17, 15) is 0 Å². The van der Waals surface area contributed by atoms with Crippen molar-refractivity contribution in [2.45, 2.75) is 13.5 Å². The molecule has 5 heteroatoms. The van der Waals surface area contributed by atoms with Gasteiger partial charge in [-0.05, 0) is 18.1 Å². The summed E-state index contributed by atoms with van der Waals surface area (Å²) in [6.07, 6.45) is 5.12. The zero-order valence-corrected chi connectivity index (χ0v) is 8.25. The highest BCUT2D eigenvalue weighted by Gasteiger charge is 2.00. The highest BCUT2D eigenvalue weighted by Crippen LogP contribution is 2.03. The average molecular weight is 199 g/mol. The van der Waals surface area contributed by atoms with E-state index in [1.54, 1.807) is 23.4 Å². The van der Waals surface area contributed by atoms with Gasteiger partial charge in [0.15, 0.2) is 0 Å². The van der Waals surface area contributed by atoms with Crippen molar-refractivity contribution >= 4 is 0 Å². The summed E-state index contributed by atoms with van der Waals surface area (Å²) < 4.78 is 1.62. The highest BCUT2D eigenvalue weighted by molar-refractivity contribution is 5.16. The number of rotatable bonds is 2. The van der Waals surface area contributed by atoms with E-state index < -0.39 is 0 Å². The van der Waals surface area contributed by atoms with Crippen molar-refractivity contribution in [1.82, 2.24) is 19.7 Å². The van der Waals surface area contributed by atoms with Crippen LogP contribution in [0.3, 0.4) is 0 Å². The Morgan fingerprint density at radius 1 is 1.47 bits per heavy atom. The van der Waals surface area contributed by atoms with Gasteiger partial charge in [0.25, 0.3) is 5.82 Å². The van der Waals surface area contributed by atoms with E-state index in [1.165, 1.54) is 0 Å². The van der Waals surface area contributed by atoms with E-state index in [2.05, 4.69) is 15.1 Å². The summed E-state index contributed by atoms with van der Waals surface area (Å²) in [6, 6.07) is 3.91. The molecule has 0 saturated heterocycles. The third kappa shape index (κ3) is 2.17. The Labute approximate surface area is 87.0 Å². The van der Waals surface area contributed by atoms with E-state index in [4.69, 9.17) is 5.26 Å². The van der Waals surface area contributed by atoms with Gasteiger partial charge in [-0.25, -0.2) is 9.67 Å². The van der Waals surface area contributed by atoms with Crippen LogP contribution in [0.25, 0.3) is 0 Å². The molecule has 2 aromatic heterocycles. The predicted molar refractivity (Wildman–Crippen MR) is 52.8 cm³/mol. The van der Waals surface area contributed by atoms with Crippen molar-refractivity contribution in [1.29, 1.82) is 5.26 Å². The maximum Gasteiger partial charge on any atom is 0.252 e. The minimum absolute atomic E-state index is 0.190. The average Bonchev–Trinajstić information content (AvgIpc) is 2.65. The van der Waals surface area contributed by atoms with Gasteiger partial charge in [-0.2, -0.15) is 5.26 Å². The Hall–Kier alpha value is -2.22. The van der Waals surface area contributed by atoms with Crippen LogP contribution >= 0.6 is 0 Å². The smallest absolute Gasteiger partial charge is 0.252 e. The molecule has 5 nitrogen and oxygen atoms in total. The number of hydrogen-bond donors (Lipinski definition) is 0. The minimum atomic E-state index is 0.190. The molecule has 2 heterocycles. The van der Waals surface area contributed by atoms with Crippen molar-refractivity contribution in [3.05, 3.63) is 41.7 Å². The summed E-state index contributed by atoms with van der Waals surface area (Å²) in [6.45, 7) is 2.57. The quantitative estimate of drug-likeness (QED) is 0.720. The lowest BCUT2D eigenvalue weighted by Crippen LogP contribution is -2.01. The Balaban J connectivity index is 2.19. The summed E-state index contributed by atoms with van der Waals surface area (Å²) >= 11 is 0. The summed E-state index contributed by atoms with van der Waals surface area (Å²) in [4.78, 5) is 7.90. The molecule has 0 radical (unpaired) electrons. The van der Waals surface area contributed by atoms with Gasteiger partial charge in [0, 0.05) is 12.4 Å². The van der Waals surface area contributed by atoms with Crippen molar-refractivity contribution in [2.24, 2.45) is 0 Å². The zero-order chi connectivity index (χ0) is 10.7. The van der Waals surface area contributed by atoms with Crippen LogP contribution in [0.2, 0.25) is 0 Å². The molecule has 0 N–H and O–H groups in total. The van der Waals surface area contributed by atoms with Crippen molar-refractivity contribution in [2.75, 3.05) is 0 Å². The second-order valence-electron chi connectivity index (χ2n) is 3.25. The van der Waals surface area contributed by atoms with Gasteiger partial charge in [0.2, 0.25) is 0 Å². The molecule has 74 valence electrons. The molecule has 15 heavy (non-hydrogen) atoms. The van der Waals surface area contributed by atoms with Crippen LogP contribution < -0.4 is 0 Å². The lowest BCUT2D eigenvalue weighted by Gasteiger charge is -2.00. The number of aromatic nitrogens is 4. The first-order chi connectivity index (χ1) is 7.28. The first-order valence-electron chi connectivity index (χ1n) is 4.48. The molecule has 0 spiro atoms. The number of nitrogens with zero attached hydrogens (tertiary/aromatic N) is 5. The van der Waals surface area contributed by atoms with Gasteiger partial charge >= 0.3 is 0 Å². The third-order valence-corrected chi connectivity index (χ3v) is 1.91. The first kappa shape index (κ1) is 9.34. The van der Waals surface area contributed by atoms with Crippen LogP contribution in [0, 0.1) is 18.3 Å². The molecule has 0 saturated carbocycles. The topological polar surface area (TPSA) is 67.4 Å². The molecule has 0 fully saturated rings. The molecule has 2 rings (SSSR count). The zero-order valence-electron chi connectivity index (χ0n) is 8.25. The molecular formula is C10H9N5. The molecule has 0 aromatic carbocycles. The normalized spacial score (nSPS) is 9.87. The van der Waals surface area contributed by atoms with Crippen LogP contribution in [-0.2, 0) is 6.54 Å². The molecule has 0 bridgehead atoms. The van der Waals surface area contributed by atoms with E-state index in [0.717, 1.165) is 11.1 Å². The fourth-order valence-corrected chi connectivity index (χ4v) is 1.31. The number of aryl methyl sites for hydroxylation is 1. The van der Waals surface area contributed by atoms with Crippen molar-refractivity contribution in [3.8, 4) is 6.07 Å². The van der Waals surface area contributed by atoms with Gasteiger partial charge in [-0.3, -0.25) is 4.98 Å². The van der Waals surface area contributed by atoms with Crippen LogP contribution in [0.15, 0.2) is 24.8 Å². The maximum absolute atomic E-state index is 8.56. The number of pyridine rings is 1. The van der Waals surface area contributed by atoms with Crippen LogP contribution in [0.1, 0.15) is 17.0 Å². The minimum Gasteiger partial charge on any atom is -0.264 e. The monoisotopic (exact) mass is 199 g/mol. The molecule has 0 atom stereocenters. The van der Waals surface area contributed by atoms with Gasteiger partial charge in [0.05, 0.1) is 6.54 Å². The number of nitriles is 1. The SMILES string of the molecule is Cc1cncc(Cn2cnc(C#N)n2)c1. The Kier molecular flexibility index (Phi) is 2.42. The lowest BCUT2D eigenvalue weighted by atomic mass is 10.2. The van der Waals surface area contributed by atoms with Crippen LogP contribution in [-0.4, -0.2) is 19.7 Å². The molecule has 0 aliphatic rings. The van der Waals surface area contributed by atoms with Crippen LogP contribution in [0.4, 0.5) is 0 Å². The van der Waals surface area contributed by atoms with Crippen LogP contribution in [0.5, 0.6) is 0 Å². The second kappa shape index (κ2) is 3.88. The van der Waals surface area contributed by atoms with Crippen molar-refractivity contribution < 1.29 is 0 Å². The second-order valence-corrected chi connectivity index (χ2v) is 3.25. The van der Waals surface area contributed by atoms with Gasteiger partial charge < -0.3 is 0 Å². The molecule has 0 unspecified atom stereocenters. The standard InChI is InChI=1S/C10H9N5/c1-8-2-9(5-12-4-8)6-15-7-13-10(3-11)14-15/h2,4-5,7H,6H2,1H3. The van der Waals surface area contributed by atoms with E-state index in [0.29, 0.717) is 6.54 Å². The summed E-state index contributed by atoms with van der Waals surface area (Å²) in [5.74, 6) is 0.190. The van der Waals surface area contributed by atoms with Gasteiger partial charge in [-0.15, -0.1) is 5.10 Å². The largest absolute Gasteiger partial charge is 0.264 e. The Bertz CT molecular complexity index is 509. The first-order valence-corrected chi connectivity index (χ1v) is 4.48. The van der Waals surface area contributed by atoms with Gasteiger partial charge in [0.1, 0.15) is 12.4 Å². The predicted octanol–water partition coefficient (Wildman–Crippen LogP) is 0.901. The lowest BCUT2D eigenvalue weighted by molar-refractivity contribution is 0.680. The van der Waals surface area contributed by atoms with Gasteiger partial charge in [-0.1, -0.05) is 6.07 Å². The Morgan fingerprint density at radius 2 is 2.33 bits per heavy atom. The van der Waals surface area contributed by atoms with E-state index in [-0.39, 0.29) is 5.82 Å². The Morgan fingerprint density at radius 3 is 3.00 bits per heavy atom. The summed E-state index contributed by atoms with van der Waals surface area (Å²) in [7, 11) is 0. The molecular weight excluding hydrogens is 190 g/mol. The van der Waals surface area contributed by atoms with E-state index in [1.807, 2.05) is 19.1 Å². The third-order valence-electron chi connectivity index (χ3n) is 1.91. The molecule has 0 aliphatic heterocycles. The maximum atomic E-state index is 8.56. The highest BCUT2D eigenvalue weighted by atomic mass is 15.3. The fourth-order valence-electron chi connectivity index (χ4n) is 1.31. The number of hydrogen-bond acceptors (Lipinski definition) is 4. The molecule has 2 aromatic rings.